The van der Waals surface area contributed by atoms with Gasteiger partial charge in [0.25, 0.3) is 10.1 Å². The third kappa shape index (κ3) is 5.19. The SMILES string of the molecule is CCCC(=O)O[C@@H]1CC[C@]2(C)[C@H]3CC[C@@H]4[C@H]5[C@H](C(C)C)CC[C@]5(C(=O)NCCS(=O)(=O)O)CC[C@@]4(C)[C@]3(C)CC[C@H]2C1(C)C. The van der Waals surface area contributed by atoms with Crippen LogP contribution in [0.4, 0.5) is 0 Å². The van der Waals surface area contributed by atoms with E-state index in [4.69, 9.17) is 4.74 Å². The van der Waals surface area contributed by atoms with E-state index in [-0.39, 0.29) is 46.2 Å². The Hall–Kier alpha value is -1.15. The molecule has 0 spiro atoms. The lowest BCUT2D eigenvalue weighted by atomic mass is 9.32. The van der Waals surface area contributed by atoms with Crippen molar-refractivity contribution in [3.63, 3.8) is 0 Å². The Labute approximate surface area is 267 Å². The molecule has 0 heterocycles. The van der Waals surface area contributed by atoms with Crippen LogP contribution in [0.15, 0.2) is 0 Å². The van der Waals surface area contributed by atoms with Crippen LogP contribution in [0.3, 0.4) is 0 Å². The molecular weight excluding hydrogens is 574 g/mol. The first-order valence-corrected chi connectivity index (χ1v) is 19.4. The summed E-state index contributed by atoms with van der Waals surface area (Å²) in [6, 6.07) is 0. The monoisotopic (exact) mass is 635 g/mol. The van der Waals surface area contributed by atoms with Crippen LogP contribution >= 0.6 is 0 Å². The number of carbonyl (C=O) groups is 2. The zero-order valence-corrected chi connectivity index (χ0v) is 29.7. The predicted molar refractivity (Wildman–Crippen MR) is 173 cm³/mol. The van der Waals surface area contributed by atoms with Gasteiger partial charge in [-0.25, -0.2) is 0 Å². The number of nitrogens with one attached hydrogen (secondary N) is 1. The molecule has 0 radical (unpaired) electrons. The number of ether oxygens (including phenoxy) is 1. The van der Waals surface area contributed by atoms with Crippen LogP contribution in [-0.2, 0) is 24.4 Å². The number of hydrogen-bond donors (Lipinski definition) is 2. The summed E-state index contributed by atoms with van der Waals surface area (Å²) < 4.78 is 38.2. The highest BCUT2D eigenvalue weighted by molar-refractivity contribution is 7.85. The minimum absolute atomic E-state index is 0.0111. The molecule has 0 unspecified atom stereocenters. The van der Waals surface area contributed by atoms with Gasteiger partial charge in [0.1, 0.15) is 6.10 Å². The van der Waals surface area contributed by atoms with E-state index in [1.54, 1.807) is 0 Å². The molecule has 5 rings (SSSR count). The second-order valence-corrected chi connectivity index (χ2v) is 19.0. The highest BCUT2D eigenvalue weighted by atomic mass is 32.2. The van der Waals surface area contributed by atoms with Crippen LogP contribution in [0, 0.1) is 62.6 Å². The van der Waals surface area contributed by atoms with E-state index < -0.39 is 21.3 Å². The summed E-state index contributed by atoms with van der Waals surface area (Å²) >= 11 is 0. The Morgan fingerprint density at radius 3 is 2.23 bits per heavy atom. The first kappa shape index (κ1) is 34.2. The number of esters is 1. The molecule has 5 fully saturated rings. The van der Waals surface area contributed by atoms with E-state index in [9.17, 15) is 22.6 Å². The molecule has 5 aliphatic rings. The maximum absolute atomic E-state index is 14.0. The van der Waals surface area contributed by atoms with Crippen LogP contribution in [0.5, 0.6) is 0 Å². The minimum Gasteiger partial charge on any atom is -0.462 e. The molecule has 0 bridgehead atoms. The molecule has 2 N–H and O–H groups in total. The summed E-state index contributed by atoms with van der Waals surface area (Å²) in [4.78, 5) is 26.6. The molecule has 0 saturated heterocycles. The lowest BCUT2D eigenvalue weighted by Gasteiger charge is -2.73. The Morgan fingerprint density at radius 2 is 1.59 bits per heavy atom. The van der Waals surface area contributed by atoms with Gasteiger partial charge in [0.05, 0.1) is 11.2 Å². The van der Waals surface area contributed by atoms with Gasteiger partial charge in [-0.2, -0.15) is 8.42 Å². The van der Waals surface area contributed by atoms with E-state index in [1.807, 2.05) is 6.92 Å². The highest BCUT2D eigenvalue weighted by Gasteiger charge is 2.72. The molecule has 5 saturated carbocycles. The molecule has 0 aromatic rings. The Morgan fingerprint density at radius 1 is 0.886 bits per heavy atom. The van der Waals surface area contributed by atoms with Gasteiger partial charge < -0.3 is 10.1 Å². The van der Waals surface area contributed by atoms with Crippen LogP contribution in [-0.4, -0.2) is 43.2 Å². The largest absolute Gasteiger partial charge is 0.462 e. The Kier molecular flexibility index (Phi) is 8.95. The average Bonchev–Trinajstić information content (AvgIpc) is 3.31. The van der Waals surface area contributed by atoms with Gasteiger partial charge in [0.15, 0.2) is 0 Å². The molecular formula is C36H61NO6S. The van der Waals surface area contributed by atoms with Crippen molar-refractivity contribution in [1.29, 1.82) is 0 Å². The summed E-state index contributed by atoms with van der Waals surface area (Å²) in [6.07, 6.45) is 11.8. The molecule has 44 heavy (non-hydrogen) atoms. The van der Waals surface area contributed by atoms with Crippen LogP contribution in [0.2, 0.25) is 0 Å². The molecule has 10 atom stereocenters. The molecule has 0 aromatic heterocycles. The smallest absolute Gasteiger partial charge is 0.306 e. The van der Waals surface area contributed by atoms with Crippen molar-refractivity contribution < 1.29 is 27.3 Å². The standard InChI is InChI=1S/C36H61NO6S/c1-9-10-29(38)43-28-15-16-33(6)26(32(28,4)5)14-17-35(8)27(33)12-11-25-30-24(23(2)3)13-18-36(30,20-19-34(25,35)7)31(39)37-21-22-44(40,41)42/h23-28,30H,9-22H2,1-8H3,(H,37,39)(H,40,41,42)/t24-,25+,26-,27+,28+,30+,33-,34+,35+,36-/m0/s1. The molecule has 1 amide bonds. The third-order valence-corrected chi connectivity index (χ3v) is 15.8. The molecule has 0 aliphatic heterocycles. The Bertz CT molecular complexity index is 1230. The van der Waals surface area contributed by atoms with Crippen molar-refractivity contribution in [3.05, 3.63) is 0 Å². The number of hydrogen-bond acceptors (Lipinski definition) is 5. The van der Waals surface area contributed by atoms with Gasteiger partial charge in [0, 0.05) is 18.4 Å². The van der Waals surface area contributed by atoms with E-state index in [0.717, 1.165) is 57.8 Å². The second-order valence-electron chi connectivity index (χ2n) is 17.4. The highest BCUT2D eigenvalue weighted by Crippen LogP contribution is 2.77. The lowest BCUT2D eigenvalue weighted by molar-refractivity contribution is -0.250. The van der Waals surface area contributed by atoms with E-state index in [2.05, 4.69) is 53.8 Å². The zero-order valence-electron chi connectivity index (χ0n) is 28.8. The van der Waals surface area contributed by atoms with Gasteiger partial charge in [-0.1, -0.05) is 55.4 Å². The minimum atomic E-state index is -4.13. The van der Waals surface area contributed by atoms with Crippen LogP contribution < -0.4 is 5.32 Å². The maximum atomic E-state index is 14.0. The number of carbonyl (C=O) groups excluding carboxylic acids is 2. The lowest BCUT2D eigenvalue weighted by Crippen LogP contribution is -2.67. The van der Waals surface area contributed by atoms with Crippen molar-refractivity contribution in [3.8, 4) is 0 Å². The average molecular weight is 636 g/mol. The fourth-order valence-corrected chi connectivity index (χ4v) is 13.2. The number of fused-ring (bicyclic) bond motifs is 7. The molecule has 7 nitrogen and oxygen atoms in total. The molecule has 0 aromatic carbocycles. The normalized spacial score (nSPS) is 44.6. The van der Waals surface area contributed by atoms with Gasteiger partial charge >= 0.3 is 5.97 Å². The topological polar surface area (TPSA) is 110 Å². The Balaban J connectivity index is 1.44. The fourth-order valence-electron chi connectivity index (χ4n) is 12.9. The van der Waals surface area contributed by atoms with Gasteiger partial charge in [-0.15, -0.1) is 0 Å². The summed E-state index contributed by atoms with van der Waals surface area (Å²) in [5.41, 5.74) is -0.0386. The van der Waals surface area contributed by atoms with E-state index in [1.165, 1.54) is 12.8 Å². The summed E-state index contributed by atoms with van der Waals surface area (Å²) in [6.45, 7) is 19.1. The van der Waals surface area contributed by atoms with Crippen molar-refractivity contribution in [2.45, 2.75) is 139 Å². The summed E-state index contributed by atoms with van der Waals surface area (Å²) in [7, 11) is -4.13. The first-order valence-electron chi connectivity index (χ1n) is 17.8. The molecule has 8 heteroatoms. The van der Waals surface area contributed by atoms with E-state index in [0.29, 0.717) is 41.9 Å². The van der Waals surface area contributed by atoms with E-state index >= 15 is 0 Å². The van der Waals surface area contributed by atoms with Crippen LogP contribution in [0.1, 0.15) is 132 Å². The summed E-state index contributed by atoms with van der Waals surface area (Å²) in [5.74, 6) is 2.34. The zero-order chi connectivity index (χ0) is 32.5. The molecule has 5 aliphatic carbocycles. The van der Waals surface area contributed by atoms with Gasteiger partial charge in [0.2, 0.25) is 5.91 Å². The quantitative estimate of drug-likeness (QED) is 0.212. The van der Waals surface area contributed by atoms with Gasteiger partial charge in [-0.3, -0.25) is 14.1 Å². The third-order valence-electron chi connectivity index (χ3n) is 15.1. The predicted octanol–water partition coefficient (Wildman–Crippen LogP) is 7.44. The maximum Gasteiger partial charge on any atom is 0.306 e. The number of amides is 1. The van der Waals surface area contributed by atoms with Crippen molar-refractivity contribution >= 4 is 22.0 Å². The van der Waals surface area contributed by atoms with Crippen molar-refractivity contribution in [2.24, 2.45) is 62.6 Å². The van der Waals surface area contributed by atoms with Crippen molar-refractivity contribution in [2.75, 3.05) is 12.3 Å². The summed E-state index contributed by atoms with van der Waals surface area (Å²) in [5, 5.41) is 2.97. The number of rotatable bonds is 8. The first-order chi connectivity index (χ1) is 20.4. The van der Waals surface area contributed by atoms with Crippen LogP contribution in [0.25, 0.3) is 0 Å². The van der Waals surface area contributed by atoms with Crippen molar-refractivity contribution in [1.82, 2.24) is 5.32 Å². The molecule has 252 valence electrons. The van der Waals surface area contributed by atoms with Gasteiger partial charge in [-0.05, 0) is 122 Å². The fraction of sp³-hybridized carbons (Fsp3) is 0.944. The second kappa shape index (κ2) is 11.5.